The van der Waals surface area contributed by atoms with Crippen molar-refractivity contribution in [2.75, 3.05) is 11.9 Å². The molecule has 1 amide bonds. The number of ether oxygens (including phenoxy) is 1. The van der Waals surface area contributed by atoms with Gasteiger partial charge in [-0.05, 0) is 25.1 Å². The average molecular weight is 231 g/mol. The summed E-state index contributed by atoms with van der Waals surface area (Å²) in [5.41, 5.74) is 1.29. The van der Waals surface area contributed by atoms with Crippen molar-refractivity contribution >= 4 is 17.6 Å². The molecule has 0 saturated carbocycles. The fraction of sp³-hybridized carbons (Fsp3) is 0.231. The van der Waals surface area contributed by atoms with Crippen molar-refractivity contribution < 1.29 is 14.3 Å². The Kier molecular flexibility index (Phi) is 4.77. The topological polar surface area (TPSA) is 55.4 Å². The van der Waals surface area contributed by atoms with Gasteiger partial charge in [0.25, 0.3) is 0 Å². The Hall–Kier alpha value is -2.28. The summed E-state index contributed by atoms with van der Waals surface area (Å²) in [5.74, 6) is 4.31. The lowest BCUT2D eigenvalue weighted by Crippen LogP contribution is -2.05. The first kappa shape index (κ1) is 12.8. The average Bonchev–Trinajstić information content (AvgIpc) is 2.26. The van der Waals surface area contributed by atoms with Gasteiger partial charge in [-0.15, -0.1) is 0 Å². The number of nitrogens with one attached hydrogen (secondary N) is 1. The van der Waals surface area contributed by atoms with E-state index in [-0.39, 0.29) is 5.91 Å². The summed E-state index contributed by atoms with van der Waals surface area (Å²) in [7, 11) is 0. The normalized spacial score (nSPS) is 8.82. The fourth-order valence-electron chi connectivity index (χ4n) is 1.17. The molecular weight excluding hydrogens is 218 g/mol. The van der Waals surface area contributed by atoms with Crippen LogP contribution < -0.4 is 5.32 Å². The van der Waals surface area contributed by atoms with Gasteiger partial charge in [0.1, 0.15) is 0 Å². The Bertz CT molecular complexity index is 483. The standard InChI is InChI=1S/C13H13NO3/c1-3-17-13(16)8-7-11-5-4-6-12(9-11)14-10(2)15/h4-6,9H,3H2,1-2H3,(H,14,15). The number of anilines is 1. The lowest BCUT2D eigenvalue weighted by molar-refractivity contribution is -0.136. The smallest absolute Gasteiger partial charge is 0.384 e. The Labute approximate surface area is 100.0 Å². The first-order chi connectivity index (χ1) is 8.11. The van der Waals surface area contributed by atoms with E-state index in [0.717, 1.165) is 0 Å². The van der Waals surface area contributed by atoms with E-state index in [1.165, 1.54) is 6.92 Å². The van der Waals surface area contributed by atoms with Crippen LogP contribution in [-0.4, -0.2) is 18.5 Å². The largest absolute Gasteiger partial charge is 0.456 e. The summed E-state index contributed by atoms with van der Waals surface area (Å²) in [6.07, 6.45) is 0. The Morgan fingerprint density at radius 3 is 2.82 bits per heavy atom. The van der Waals surface area contributed by atoms with Gasteiger partial charge in [-0.1, -0.05) is 12.0 Å². The van der Waals surface area contributed by atoms with Gasteiger partial charge in [0, 0.05) is 24.1 Å². The summed E-state index contributed by atoms with van der Waals surface area (Å²) in [5, 5.41) is 2.64. The number of hydrogen-bond acceptors (Lipinski definition) is 3. The second kappa shape index (κ2) is 6.33. The molecule has 0 bridgehead atoms. The van der Waals surface area contributed by atoms with Gasteiger partial charge in [-0.2, -0.15) is 0 Å². The predicted molar refractivity (Wildman–Crippen MR) is 64.3 cm³/mol. The lowest BCUT2D eigenvalue weighted by atomic mass is 10.2. The molecule has 0 aromatic heterocycles. The first-order valence-electron chi connectivity index (χ1n) is 5.18. The van der Waals surface area contributed by atoms with Crippen LogP contribution in [0.25, 0.3) is 0 Å². The molecule has 0 aliphatic carbocycles. The van der Waals surface area contributed by atoms with E-state index in [4.69, 9.17) is 0 Å². The highest BCUT2D eigenvalue weighted by Crippen LogP contribution is 2.09. The number of amides is 1. The Morgan fingerprint density at radius 1 is 1.41 bits per heavy atom. The SMILES string of the molecule is CCOC(=O)C#Cc1cccc(NC(C)=O)c1. The lowest BCUT2D eigenvalue weighted by Gasteiger charge is -2.01. The third-order valence-electron chi connectivity index (χ3n) is 1.77. The van der Waals surface area contributed by atoms with E-state index in [1.807, 2.05) is 0 Å². The van der Waals surface area contributed by atoms with E-state index >= 15 is 0 Å². The number of carbonyl (C=O) groups excluding carboxylic acids is 2. The van der Waals surface area contributed by atoms with E-state index in [1.54, 1.807) is 31.2 Å². The monoisotopic (exact) mass is 231 g/mol. The van der Waals surface area contributed by atoms with Gasteiger partial charge < -0.3 is 10.1 Å². The van der Waals surface area contributed by atoms with Crippen LogP contribution in [0.4, 0.5) is 5.69 Å². The second-order valence-electron chi connectivity index (χ2n) is 3.23. The third kappa shape index (κ3) is 4.85. The third-order valence-corrected chi connectivity index (χ3v) is 1.77. The van der Waals surface area contributed by atoms with Crippen molar-refractivity contribution in [1.29, 1.82) is 0 Å². The molecule has 0 spiro atoms. The zero-order valence-corrected chi connectivity index (χ0v) is 9.74. The summed E-state index contributed by atoms with van der Waals surface area (Å²) >= 11 is 0. The molecule has 1 N–H and O–H groups in total. The molecule has 1 rings (SSSR count). The molecule has 1 aromatic carbocycles. The van der Waals surface area contributed by atoms with Gasteiger partial charge in [0.15, 0.2) is 0 Å². The second-order valence-corrected chi connectivity index (χ2v) is 3.23. The maximum atomic E-state index is 11.0. The summed E-state index contributed by atoms with van der Waals surface area (Å²) in [6.45, 7) is 3.45. The Morgan fingerprint density at radius 2 is 2.18 bits per heavy atom. The van der Waals surface area contributed by atoms with Crippen LogP contribution in [0.3, 0.4) is 0 Å². The minimum atomic E-state index is -0.558. The molecule has 17 heavy (non-hydrogen) atoms. The molecule has 0 aliphatic rings. The molecule has 0 unspecified atom stereocenters. The van der Waals surface area contributed by atoms with Gasteiger partial charge in [-0.25, -0.2) is 4.79 Å². The molecule has 88 valence electrons. The predicted octanol–water partition coefficient (Wildman–Crippen LogP) is 1.56. The van der Waals surface area contributed by atoms with Crippen LogP contribution >= 0.6 is 0 Å². The molecule has 0 radical (unpaired) electrons. The maximum Gasteiger partial charge on any atom is 0.384 e. The van der Waals surface area contributed by atoms with Crippen molar-refractivity contribution in [3.8, 4) is 11.8 Å². The van der Waals surface area contributed by atoms with Crippen LogP contribution in [0.5, 0.6) is 0 Å². The van der Waals surface area contributed by atoms with Crippen molar-refractivity contribution in [2.24, 2.45) is 0 Å². The molecular formula is C13H13NO3. The fourth-order valence-corrected chi connectivity index (χ4v) is 1.17. The van der Waals surface area contributed by atoms with Gasteiger partial charge >= 0.3 is 5.97 Å². The number of benzene rings is 1. The van der Waals surface area contributed by atoms with E-state index in [0.29, 0.717) is 17.9 Å². The highest BCUT2D eigenvalue weighted by molar-refractivity contribution is 5.90. The van der Waals surface area contributed by atoms with Crippen molar-refractivity contribution in [1.82, 2.24) is 0 Å². The Balaban J connectivity index is 2.78. The molecule has 0 heterocycles. The molecule has 0 fully saturated rings. The zero-order chi connectivity index (χ0) is 12.7. The first-order valence-corrected chi connectivity index (χ1v) is 5.18. The molecule has 0 atom stereocenters. The molecule has 0 saturated heterocycles. The molecule has 1 aromatic rings. The number of esters is 1. The highest BCUT2D eigenvalue weighted by Gasteiger charge is 1.96. The van der Waals surface area contributed by atoms with Gasteiger partial charge in [0.05, 0.1) is 6.61 Å². The van der Waals surface area contributed by atoms with Gasteiger partial charge in [-0.3, -0.25) is 4.79 Å². The maximum absolute atomic E-state index is 11.0. The quantitative estimate of drug-likeness (QED) is 0.620. The number of carbonyl (C=O) groups is 2. The van der Waals surface area contributed by atoms with E-state index in [2.05, 4.69) is 21.9 Å². The summed E-state index contributed by atoms with van der Waals surface area (Å²) in [6, 6.07) is 6.93. The van der Waals surface area contributed by atoms with Crippen molar-refractivity contribution in [3.63, 3.8) is 0 Å². The van der Waals surface area contributed by atoms with Crippen LogP contribution in [0, 0.1) is 11.8 Å². The minimum Gasteiger partial charge on any atom is -0.456 e. The summed E-state index contributed by atoms with van der Waals surface area (Å²) in [4.78, 5) is 21.9. The van der Waals surface area contributed by atoms with E-state index in [9.17, 15) is 9.59 Å². The summed E-state index contributed by atoms with van der Waals surface area (Å²) < 4.78 is 4.68. The number of hydrogen-bond donors (Lipinski definition) is 1. The van der Waals surface area contributed by atoms with Crippen LogP contribution in [0.1, 0.15) is 19.4 Å². The van der Waals surface area contributed by atoms with Crippen LogP contribution in [-0.2, 0) is 14.3 Å². The molecule has 0 aliphatic heterocycles. The van der Waals surface area contributed by atoms with E-state index < -0.39 is 5.97 Å². The van der Waals surface area contributed by atoms with Gasteiger partial charge in [0.2, 0.25) is 5.91 Å². The molecule has 4 nitrogen and oxygen atoms in total. The number of rotatable bonds is 2. The van der Waals surface area contributed by atoms with Crippen LogP contribution in [0.15, 0.2) is 24.3 Å². The zero-order valence-electron chi connectivity index (χ0n) is 9.74. The van der Waals surface area contributed by atoms with Crippen molar-refractivity contribution in [2.45, 2.75) is 13.8 Å². The minimum absolute atomic E-state index is 0.152. The van der Waals surface area contributed by atoms with Crippen molar-refractivity contribution in [3.05, 3.63) is 29.8 Å². The highest BCUT2D eigenvalue weighted by atomic mass is 16.5. The molecule has 4 heteroatoms. The van der Waals surface area contributed by atoms with Crippen LogP contribution in [0.2, 0.25) is 0 Å².